The van der Waals surface area contributed by atoms with Crippen LogP contribution < -0.4 is 59.3 Å². The van der Waals surface area contributed by atoms with Crippen molar-refractivity contribution < 1.29 is 47.9 Å². The van der Waals surface area contributed by atoms with Gasteiger partial charge >= 0.3 is 0 Å². The number of nitrogens with two attached hydrogens (primary N) is 2. The average molecular weight is 1030 g/mol. The number of rotatable bonds is 15. The molecule has 2 saturated heterocycles. The van der Waals surface area contributed by atoms with E-state index in [2.05, 4.69) is 52.8 Å². The molecule has 2 bridgehead atoms. The number of aromatic amines is 1. The molecular weight excluding hydrogens is 957 g/mol. The Labute approximate surface area is 428 Å². The molecule has 0 unspecified atom stereocenters. The van der Waals surface area contributed by atoms with Gasteiger partial charge in [-0.3, -0.25) is 53.4 Å². The molecule has 0 radical (unpaired) electrons. The summed E-state index contributed by atoms with van der Waals surface area (Å²) in [4.78, 5) is 142. The van der Waals surface area contributed by atoms with Gasteiger partial charge in [-0.15, -0.1) is 0 Å². The van der Waals surface area contributed by atoms with Crippen molar-refractivity contribution in [2.45, 2.75) is 140 Å². The van der Waals surface area contributed by atoms with Gasteiger partial charge in [0.05, 0.1) is 13.0 Å². The third kappa shape index (κ3) is 16.8. The van der Waals surface area contributed by atoms with Crippen molar-refractivity contribution in [3.05, 3.63) is 71.9 Å². The number of aromatic nitrogens is 1. The summed E-state index contributed by atoms with van der Waals surface area (Å²) in [7, 11) is 0. The normalized spacial score (nSPS) is 23.3. The highest BCUT2D eigenvalue weighted by Gasteiger charge is 2.43. The summed E-state index contributed by atoms with van der Waals surface area (Å²) < 4.78 is 0. The lowest BCUT2D eigenvalue weighted by atomic mass is 9.98. The molecule has 2 aromatic carbocycles. The lowest BCUT2D eigenvalue weighted by molar-refractivity contribution is -0.150. The molecule has 8 atom stereocenters. The van der Waals surface area contributed by atoms with Crippen LogP contribution in [0.3, 0.4) is 0 Å². The Bertz CT molecular complexity index is 2520. The van der Waals surface area contributed by atoms with Gasteiger partial charge in [-0.1, -0.05) is 68.3 Å². The minimum atomic E-state index is -1.55. The fourth-order valence-corrected chi connectivity index (χ4v) is 8.83. The molecule has 400 valence electrons. The largest absolute Gasteiger partial charge is 0.370 e. The first kappa shape index (κ1) is 56.9. The van der Waals surface area contributed by atoms with Crippen LogP contribution in [0, 0.1) is 5.41 Å². The van der Waals surface area contributed by atoms with E-state index in [4.69, 9.17) is 16.9 Å². The maximum absolute atomic E-state index is 15.1. The summed E-state index contributed by atoms with van der Waals surface area (Å²) in [6.07, 6.45) is 3.17. The van der Waals surface area contributed by atoms with Crippen LogP contribution in [0.1, 0.15) is 89.7 Å². The van der Waals surface area contributed by atoms with E-state index in [1.807, 2.05) is 25.1 Å². The number of amides is 10. The van der Waals surface area contributed by atoms with Gasteiger partial charge in [-0.2, -0.15) is 0 Å². The van der Waals surface area contributed by atoms with Gasteiger partial charge in [-0.05, 0) is 62.6 Å². The fraction of sp³-hybridized carbons (Fsp3) is 0.500. The first-order valence-corrected chi connectivity index (χ1v) is 25.0. The fourth-order valence-electron chi connectivity index (χ4n) is 8.83. The molecule has 2 fully saturated rings. The van der Waals surface area contributed by atoms with Gasteiger partial charge in [-0.25, -0.2) is 0 Å². The number of hydrogen-bond donors (Lipinski definition) is 13. The summed E-state index contributed by atoms with van der Waals surface area (Å²) >= 11 is 0. The van der Waals surface area contributed by atoms with E-state index >= 15 is 4.79 Å². The molecule has 24 nitrogen and oxygen atoms in total. The van der Waals surface area contributed by atoms with Crippen LogP contribution in [0.4, 0.5) is 0 Å². The van der Waals surface area contributed by atoms with Crippen LogP contribution >= 0.6 is 0 Å². The molecule has 1 aromatic heterocycles. The molecule has 24 heteroatoms. The van der Waals surface area contributed by atoms with Crippen molar-refractivity contribution in [2.75, 3.05) is 19.6 Å². The number of hydrogen-bond acceptors (Lipinski definition) is 11. The predicted molar refractivity (Wildman–Crippen MR) is 272 cm³/mol. The molecule has 15 N–H and O–H groups in total. The van der Waals surface area contributed by atoms with Gasteiger partial charge in [0.25, 0.3) is 0 Å². The molecule has 2 aliphatic heterocycles. The molecule has 0 aliphatic carbocycles. The van der Waals surface area contributed by atoms with Gasteiger partial charge in [0.15, 0.2) is 5.96 Å². The molecule has 3 aromatic rings. The Kier molecular flexibility index (Phi) is 21.3. The zero-order valence-corrected chi connectivity index (χ0v) is 42.0. The Hall–Kier alpha value is -8.05. The van der Waals surface area contributed by atoms with Crippen molar-refractivity contribution >= 4 is 75.9 Å². The number of fused-ring (bicyclic) bond motifs is 3. The number of H-pyrrole nitrogens is 1. The molecule has 0 saturated carbocycles. The van der Waals surface area contributed by atoms with E-state index < -0.39 is 120 Å². The summed E-state index contributed by atoms with van der Waals surface area (Å²) in [6, 6.07) is 5.32. The van der Waals surface area contributed by atoms with Crippen molar-refractivity contribution in [1.29, 1.82) is 5.41 Å². The van der Waals surface area contributed by atoms with Crippen LogP contribution in [0.5, 0.6) is 0 Å². The highest BCUT2D eigenvalue weighted by atomic mass is 16.2. The van der Waals surface area contributed by atoms with Crippen molar-refractivity contribution in [3.63, 3.8) is 0 Å². The van der Waals surface area contributed by atoms with E-state index in [9.17, 15) is 43.2 Å². The van der Waals surface area contributed by atoms with Crippen LogP contribution in [0.15, 0.2) is 60.8 Å². The number of guanidine groups is 1. The quantitative estimate of drug-likeness (QED) is 0.0457. The van der Waals surface area contributed by atoms with E-state index in [-0.39, 0.29) is 70.4 Å². The summed E-state index contributed by atoms with van der Waals surface area (Å²) in [5.74, 6) is -7.99. The van der Waals surface area contributed by atoms with Gasteiger partial charge in [0, 0.05) is 50.0 Å². The number of para-hydroxylation sites is 1. The Morgan fingerprint density at radius 2 is 1.53 bits per heavy atom. The van der Waals surface area contributed by atoms with Crippen LogP contribution in [0.25, 0.3) is 10.9 Å². The van der Waals surface area contributed by atoms with Crippen LogP contribution in [-0.4, -0.2) is 143 Å². The first-order chi connectivity index (χ1) is 35.3. The van der Waals surface area contributed by atoms with Crippen molar-refractivity contribution in [3.8, 4) is 0 Å². The zero-order chi connectivity index (χ0) is 53.9. The van der Waals surface area contributed by atoms with Gasteiger partial charge in [0.1, 0.15) is 48.3 Å². The van der Waals surface area contributed by atoms with E-state index in [1.54, 1.807) is 42.6 Å². The molecule has 10 amide bonds. The summed E-state index contributed by atoms with van der Waals surface area (Å²) in [6.45, 7) is 4.23. The van der Waals surface area contributed by atoms with E-state index in [1.165, 1.54) is 18.7 Å². The number of nitrogens with one attached hydrogen (secondary N) is 11. The van der Waals surface area contributed by atoms with Crippen molar-refractivity contribution in [2.24, 2.45) is 11.5 Å². The number of carbonyl (C=O) groups excluding carboxylic acids is 10. The summed E-state index contributed by atoms with van der Waals surface area (Å²) in [5.41, 5.74) is 13.3. The molecule has 2 aliphatic rings. The molecule has 5 rings (SSSR count). The third-order valence-electron chi connectivity index (χ3n) is 12.8. The number of primary amides is 1. The summed E-state index contributed by atoms with van der Waals surface area (Å²) in [5, 5.41) is 32.2. The number of piperazine rings is 1. The van der Waals surface area contributed by atoms with Gasteiger partial charge < -0.3 is 69.2 Å². The second kappa shape index (κ2) is 27.7. The van der Waals surface area contributed by atoms with Crippen LogP contribution in [-0.2, 0) is 60.8 Å². The number of unbranched alkanes of at least 4 members (excludes halogenated alkanes) is 1. The Morgan fingerprint density at radius 1 is 0.811 bits per heavy atom. The average Bonchev–Trinajstić information content (AvgIpc) is 3.77. The Morgan fingerprint density at radius 3 is 2.23 bits per heavy atom. The molecular formula is C50H70N14O10. The third-order valence-corrected chi connectivity index (χ3v) is 12.8. The highest BCUT2D eigenvalue weighted by molar-refractivity contribution is 6.00. The second-order valence-electron chi connectivity index (χ2n) is 18.6. The Balaban J connectivity index is 1.53. The SMILES string of the molecule is CCCC[C@H](NC(C)=O)C(=O)N[C@H]1CC(=O)NCCCC[C@@H](C(N)=O)NC(=O)[C@H](Cc2c[nH]c3ccccc23)NC(=O)[C@H]2CN(C(=O)[C@@H](Cc3ccccc3)NC(=O)[C@H](C)NC1=O)[C@@H](CCCNC(=N)N)C(=O)N2. The predicted octanol–water partition coefficient (Wildman–Crippen LogP) is -1.77. The molecule has 3 heterocycles. The van der Waals surface area contributed by atoms with Crippen LogP contribution in [0.2, 0.25) is 0 Å². The number of benzene rings is 2. The maximum atomic E-state index is 15.1. The van der Waals surface area contributed by atoms with Crippen molar-refractivity contribution in [1.82, 2.24) is 57.7 Å². The minimum Gasteiger partial charge on any atom is -0.370 e. The monoisotopic (exact) mass is 1030 g/mol. The standard InChI is InChI=1S/C50H70N14O10/c1-4-5-17-35(58-29(3)65)44(69)61-37-25-41(66)54-21-12-11-19-34(42(51)67)59-46(71)36(24-31-26-56-33-18-10-9-16-32(31)33)60-47(72)39-27-64(40(48(73)63-39)20-13-22-55-50(52)53)49(74)38(23-30-14-7-6-8-15-30)62-43(68)28(2)57-45(37)70/h6-10,14-16,18,26,28,34-40,56H,4-5,11-13,17,19-25,27H2,1-3H3,(H2,51,67)(H,54,66)(H,57,70)(H,58,65)(H,59,71)(H,60,72)(H,61,69)(H,62,68)(H,63,73)(H4,52,53,55)/t28-,34-,35-,36-,37-,38+,39+,40-/m0/s1. The first-order valence-electron chi connectivity index (χ1n) is 25.0. The smallest absolute Gasteiger partial charge is 0.246 e. The molecule has 0 spiro atoms. The molecule has 74 heavy (non-hydrogen) atoms. The lowest BCUT2D eigenvalue weighted by Crippen LogP contribution is -2.68. The maximum Gasteiger partial charge on any atom is 0.246 e. The topological polar surface area (TPSA) is 374 Å². The minimum absolute atomic E-state index is 0.0205. The highest BCUT2D eigenvalue weighted by Crippen LogP contribution is 2.21. The van der Waals surface area contributed by atoms with E-state index in [0.717, 1.165) is 10.9 Å². The zero-order valence-electron chi connectivity index (χ0n) is 42.0. The number of nitrogens with zero attached hydrogens (tertiary/aromatic N) is 1. The number of carbonyl (C=O) groups is 10. The van der Waals surface area contributed by atoms with E-state index in [0.29, 0.717) is 24.0 Å². The lowest BCUT2D eigenvalue weighted by Gasteiger charge is -2.41. The second-order valence-corrected chi connectivity index (χ2v) is 18.6. The van der Waals surface area contributed by atoms with Gasteiger partial charge in [0.2, 0.25) is 59.1 Å².